The van der Waals surface area contributed by atoms with E-state index in [9.17, 15) is 29.7 Å². The third-order valence-corrected chi connectivity index (χ3v) is 4.86. The van der Waals surface area contributed by atoms with Gasteiger partial charge < -0.3 is 31.3 Å². The molecule has 0 fully saturated rings. The molecular formula is C21H33N3O6. The van der Waals surface area contributed by atoms with Crippen LogP contribution in [-0.2, 0) is 0 Å². The normalized spacial score (nSPS) is 13.8. The first kappa shape index (κ1) is 25.5. The van der Waals surface area contributed by atoms with Crippen molar-refractivity contribution in [3.63, 3.8) is 0 Å². The van der Waals surface area contributed by atoms with Crippen LogP contribution < -0.4 is 16.0 Å². The van der Waals surface area contributed by atoms with Crippen LogP contribution in [-0.4, -0.2) is 71.0 Å². The second kappa shape index (κ2) is 12.9. The van der Waals surface area contributed by atoms with Crippen LogP contribution >= 0.6 is 0 Å². The highest BCUT2D eigenvalue weighted by Crippen LogP contribution is 2.13. The summed E-state index contributed by atoms with van der Waals surface area (Å²) in [7, 11) is 0. The van der Waals surface area contributed by atoms with Gasteiger partial charge in [0.1, 0.15) is 0 Å². The maximum Gasteiger partial charge on any atom is 0.251 e. The number of rotatable bonds is 12. The molecule has 6 N–H and O–H groups in total. The Kier molecular flexibility index (Phi) is 11.0. The van der Waals surface area contributed by atoms with E-state index in [1.54, 1.807) is 0 Å². The monoisotopic (exact) mass is 423 g/mol. The molecule has 1 rings (SSSR count). The van der Waals surface area contributed by atoms with Gasteiger partial charge in [-0.3, -0.25) is 14.4 Å². The largest absolute Gasteiger partial charge is 0.394 e. The first-order chi connectivity index (χ1) is 14.3. The van der Waals surface area contributed by atoms with Gasteiger partial charge in [-0.2, -0.15) is 0 Å². The van der Waals surface area contributed by atoms with Gasteiger partial charge in [-0.15, -0.1) is 0 Å². The fourth-order valence-corrected chi connectivity index (χ4v) is 2.66. The highest BCUT2D eigenvalue weighted by atomic mass is 16.3. The van der Waals surface area contributed by atoms with Crippen molar-refractivity contribution >= 4 is 17.7 Å². The van der Waals surface area contributed by atoms with Gasteiger partial charge in [0, 0.05) is 16.7 Å². The van der Waals surface area contributed by atoms with E-state index in [0.29, 0.717) is 19.3 Å². The number of nitrogens with one attached hydrogen (secondary N) is 3. The summed E-state index contributed by atoms with van der Waals surface area (Å²) in [6, 6.07) is 2.72. The van der Waals surface area contributed by atoms with Crippen molar-refractivity contribution in [2.75, 3.05) is 19.8 Å². The summed E-state index contributed by atoms with van der Waals surface area (Å²) in [5, 5.41) is 35.9. The van der Waals surface area contributed by atoms with E-state index in [1.165, 1.54) is 18.2 Å². The summed E-state index contributed by atoms with van der Waals surface area (Å²) in [5.41, 5.74) is 0.274. The molecule has 0 aliphatic carbocycles. The third kappa shape index (κ3) is 7.40. The zero-order chi connectivity index (χ0) is 22.7. The molecule has 9 nitrogen and oxygen atoms in total. The minimum atomic E-state index is -0.525. The maximum atomic E-state index is 12.6. The van der Waals surface area contributed by atoms with Crippen LogP contribution in [0.25, 0.3) is 0 Å². The number of hydrogen-bond acceptors (Lipinski definition) is 6. The lowest BCUT2D eigenvalue weighted by molar-refractivity contribution is 0.0914. The topological polar surface area (TPSA) is 148 Å². The Morgan fingerprint density at radius 1 is 0.633 bits per heavy atom. The minimum absolute atomic E-state index is 0.0915. The Balaban J connectivity index is 3.27. The van der Waals surface area contributed by atoms with Crippen LogP contribution in [0.15, 0.2) is 18.2 Å². The molecule has 3 atom stereocenters. The van der Waals surface area contributed by atoms with Crippen molar-refractivity contribution in [1.82, 2.24) is 16.0 Å². The molecule has 9 heteroatoms. The summed E-state index contributed by atoms with van der Waals surface area (Å²) in [4.78, 5) is 37.9. The summed E-state index contributed by atoms with van der Waals surface area (Å²) < 4.78 is 0. The second-order valence-electron chi connectivity index (χ2n) is 7.08. The molecule has 168 valence electrons. The number of carbonyl (C=O) groups is 3. The summed E-state index contributed by atoms with van der Waals surface area (Å²) in [5.74, 6) is -1.58. The van der Waals surface area contributed by atoms with Crippen molar-refractivity contribution in [2.24, 2.45) is 0 Å². The Hall–Kier alpha value is -2.49. The van der Waals surface area contributed by atoms with Crippen LogP contribution in [0.1, 0.15) is 71.1 Å². The van der Waals surface area contributed by atoms with E-state index in [2.05, 4.69) is 16.0 Å². The molecule has 30 heavy (non-hydrogen) atoms. The zero-order valence-corrected chi connectivity index (χ0v) is 17.8. The lowest BCUT2D eigenvalue weighted by atomic mass is 10.0. The molecule has 0 unspecified atom stereocenters. The van der Waals surface area contributed by atoms with Gasteiger partial charge in [-0.1, -0.05) is 20.8 Å². The van der Waals surface area contributed by atoms with Gasteiger partial charge in [0.25, 0.3) is 17.7 Å². The number of carbonyl (C=O) groups excluding carboxylic acids is 3. The molecule has 0 heterocycles. The maximum absolute atomic E-state index is 12.6. The average molecular weight is 424 g/mol. The average Bonchev–Trinajstić information content (AvgIpc) is 2.78. The lowest BCUT2D eigenvalue weighted by Gasteiger charge is -2.18. The molecule has 0 bridgehead atoms. The highest BCUT2D eigenvalue weighted by Gasteiger charge is 2.20. The molecule has 0 saturated heterocycles. The Morgan fingerprint density at radius 3 is 1.03 bits per heavy atom. The van der Waals surface area contributed by atoms with Crippen LogP contribution in [0.3, 0.4) is 0 Å². The Morgan fingerprint density at radius 2 is 0.867 bits per heavy atom. The standard InChI is InChI=1S/C21H33N3O6/c1-4-16(10-25)22-19(28)13-7-14(20(29)23-17(5-2)11-26)9-15(8-13)21(30)24-18(6-3)12-27/h7-9,16-18,25-27H,4-6,10-12H2,1-3H3,(H,22,28)(H,23,29)(H,24,30)/t16-,17-,18-/m1/s1. The first-order valence-corrected chi connectivity index (χ1v) is 10.2. The van der Waals surface area contributed by atoms with E-state index < -0.39 is 35.8 Å². The molecule has 3 amide bonds. The van der Waals surface area contributed by atoms with Crippen molar-refractivity contribution in [3.8, 4) is 0 Å². The van der Waals surface area contributed by atoms with Crippen molar-refractivity contribution < 1.29 is 29.7 Å². The smallest absolute Gasteiger partial charge is 0.251 e. The van der Waals surface area contributed by atoms with Crippen molar-refractivity contribution in [2.45, 2.75) is 58.2 Å². The summed E-state index contributed by atoms with van der Waals surface area (Å²) in [6.45, 7) is 4.72. The third-order valence-electron chi connectivity index (χ3n) is 4.86. The molecule has 0 aliphatic heterocycles. The summed E-state index contributed by atoms with van der Waals surface area (Å²) >= 11 is 0. The van der Waals surface area contributed by atoms with Crippen LogP contribution in [0.5, 0.6) is 0 Å². The van der Waals surface area contributed by atoms with E-state index in [4.69, 9.17) is 0 Å². The molecule has 0 spiro atoms. The fraction of sp³-hybridized carbons (Fsp3) is 0.571. The first-order valence-electron chi connectivity index (χ1n) is 10.2. The van der Waals surface area contributed by atoms with E-state index in [0.717, 1.165) is 0 Å². The zero-order valence-electron chi connectivity index (χ0n) is 17.8. The van der Waals surface area contributed by atoms with Crippen LogP contribution in [0.2, 0.25) is 0 Å². The van der Waals surface area contributed by atoms with Gasteiger partial charge in [-0.05, 0) is 37.5 Å². The predicted octanol–water partition coefficient (Wildman–Crippen LogP) is 0.189. The molecule has 0 aliphatic rings. The highest BCUT2D eigenvalue weighted by molar-refractivity contribution is 6.04. The molecule has 1 aromatic carbocycles. The van der Waals surface area contributed by atoms with E-state index in [1.807, 2.05) is 20.8 Å². The molecule has 0 saturated carbocycles. The van der Waals surface area contributed by atoms with Gasteiger partial charge in [0.05, 0.1) is 37.9 Å². The molecule has 0 aromatic heterocycles. The van der Waals surface area contributed by atoms with Gasteiger partial charge >= 0.3 is 0 Å². The Labute approximate surface area is 176 Å². The van der Waals surface area contributed by atoms with Crippen LogP contribution in [0.4, 0.5) is 0 Å². The molecule has 1 aromatic rings. The Bertz CT molecular complexity index is 605. The number of aliphatic hydroxyl groups excluding tert-OH is 3. The van der Waals surface area contributed by atoms with E-state index >= 15 is 0 Å². The fourth-order valence-electron chi connectivity index (χ4n) is 2.66. The number of benzene rings is 1. The summed E-state index contributed by atoms with van der Waals surface area (Å²) in [6.07, 6.45) is 1.54. The van der Waals surface area contributed by atoms with Crippen molar-refractivity contribution in [3.05, 3.63) is 34.9 Å². The predicted molar refractivity (Wildman–Crippen MR) is 112 cm³/mol. The minimum Gasteiger partial charge on any atom is -0.394 e. The van der Waals surface area contributed by atoms with E-state index in [-0.39, 0.29) is 36.5 Å². The second-order valence-corrected chi connectivity index (χ2v) is 7.08. The molecule has 0 radical (unpaired) electrons. The van der Waals surface area contributed by atoms with Gasteiger partial charge in [-0.25, -0.2) is 0 Å². The lowest BCUT2D eigenvalue weighted by Crippen LogP contribution is -2.39. The number of hydrogen-bond donors (Lipinski definition) is 6. The number of aliphatic hydroxyl groups is 3. The number of amides is 3. The van der Waals surface area contributed by atoms with Crippen molar-refractivity contribution in [1.29, 1.82) is 0 Å². The SMILES string of the molecule is CC[C@H](CO)NC(=O)c1cc(C(=O)N[C@H](CC)CO)cc(C(=O)N[C@H](CC)CO)c1. The van der Waals surface area contributed by atoms with Gasteiger partial charge in [0.15, 0.2) is 0 Å². The van der Waals surface area contributed by atoms with Crippen LogP contribution in [0, 0.1) is 0 Å². The quantitative estimate of drug-likeness (QED) is 0.283. The van der Waals surface area contributed by atoms with Gasteiger partial charge in [0.2, 0.25) is 0 Å². The molecular weight excluding hydrogens is 390 g/mol.